The summed E-state index contributed by atoms with van der Waals surface area (Å²) in [6, 6.07) is 0. The second-order valence-electron chi connectivity index (χ2n) is 5.22. The van der Waals surface area contributed by atoms with E-state index in [2.05, 4.69) is 24.3 Å². The van der Waals surface area contributed by atoms with Gasteiger partial charge in [0.15, 0.2) is 5.78 Å². The van der Waals surface area contributed by atoms with E-state index in [0.29, 0.717) is 0 Å². The van der Waals surface area contributed by atoms with Gasteiger partial charge in [0.05, 0.1) is 11.5 Å². The van der Waals surface area contributed by atoms with Crippen molar-refractivity contribution >= 4 is 5.78 Å². The van der Waals surface area contributed by atoms with Crippen LogP contribution in [0.3, 0.4) is 0 Å². The molecule has 0 saturated carbocycles. The van der Waals surface area contributed by atoms with Crippen LogP contribution in [0, 0.1) is 11.3 Å². The second kappa shape index (κ2) is 4.36. The maximum atomic E-state index is 12.3. The van der Waals surface area contributed by atoms with E-state index in [1.54, 1.807) is 13.2 Å². The molecule has 0 aliphatic heterocycles. The van der Waals surface area contributed by atoms with Crippen LogP contribution in [-0.4, -0.2) is 19.0 Å². The minimum atomic E-state index is -0.272. The Morgan fingerprint density at radius 1 is 1.39 bits per heavy atom. The largest absolute Gasteiger partial charge is 0.376 e. The first-order chi connectivity index (χ1) is 8.79. The maximum Gasteiger partial charge on any atom is 0.160 e. The maximum absolute atomic E-state index is 12.3. The first-order valence-corrected chi connectivity index (χ1v) is 6.60. The highest BCUT2D eigenvalue weighted by atomic mass is 16.5. The standard InChI is InChI=1S/C16H18O2/c1-18-15-8-5-6-12-9-10-14(17)13-7-3-2-4-11-16(12,13)15/h4-6,8-11,13,15H,2-3,7H2,1H3. The summed E-state index contributed by atoms with van der Waals surface area (Å²) in [7, 11) is 1.73. The Bertz CT molecular complexity index is 481. The molecule has 3 unspecified atom stereocenters. The van der Waals surface area contributed by atoms with Gasteiger partial charge in [0.1, 0.15) is 0 Å². The molecule has 3 atom stereocenters. The molecule has 3 aliphatic rings. The van der Waals surface area contributed by atoms with Crippen LogP contribution in [0.4, 0.5) is 0 Å². The van der Waals surface area contributed by atoms with E-state index < -0.39 is 0 Å². The number of carbonyl (C=O) groups is 1. The third-order valence-corrected chi connectivity index (χ3v) is 4.39. The Morgan fingerprint density at radius 2 is 2.28 bits per heavy atom. The molecular weight excluding hydrogens is 224 g/mol. The lowest BCUT2D eigenvalue weighted by atomic mass is 9.60. The first-order valence-electron chi connectivity index (χ1n) is 6.60. The number of methoxy groups -OCH3 is 1. The van der Waals surface area contributed by atoms with Gasteiger partial charge in [-0.15, -0.1) is 0 Å². The summed E-state index contributed by atoms with van der Waals surface area (Å²) in [4.78, 5) is 12.3. The lowest BCUT2D eigenvalue weighted by Crippen LogP contribution is -2.47. The summed E-state index contributed by atoms with van der Waals surface area (Å²) < 4.78 is 5.66. The molecule has 0 bridgehead atoms. The van der Waals surface area contributed by atoms with Crippen LogP contribution in [0.5, 0.6) is 0 Å². The van der Waals surface area contributed by atoms with Crippen LogP contribution in [0.25, 0.3) is 0 Å². The van der Waals surface area contributed by atoms with Gasteiger partial charge in [-0.05, 0) is 30.9 Å². The Balaban J connectivity index is 2.19. The fourth-order valence-corrected chi connectivity index (χ4v) is 3.53. The predicted molar refractivity (Wildman–Crippen MR) is 71.1 cm³/mol. The average molecular weight is 242 g/mol. The van der Waals surface area contributed by atoms with E-state index in [1.807, 2.05) is 12.2 Å². The zero-order valence-electron chi connectivity index (χ0n) is 10.6. The number of hydrogen-bond acceptors (Lipinski definition) is 2. The Labute approximate surface area is 108 Å². The van der Waals surface area contributed by atoms with Gasteiger partial charge < -0.3 is 4.74 Å². The summed E-state index contributed by atoms with van der Waals surface area (Å²) in [6.45, 7) is 0. The van der Waals surface area contributed by atoms with Gasteiger partial charge in [0, 0.05) is 13.0 Å². The van der Waals surface area contributed by atoms with Crippen molar-refractivity contribution < 1.29 is 9.53 Å². The molecule has 2 nitrogen and oxygen atoms in total. The monoisotopic (exact) mass is 242 g/mol. The molecule has 0 aromatic heterocycles. The third kappa shape index (κ3) is 1.49. The molecule has 0 N–H and O–H groups in total. The average Bonchev–Trinajstić information content (AvgIpc) is 2.61. The van der Waals surface area contributed by atoms with E-state index in [1.165, 1.54) is 5.57 Å². The molecule has 3 rings (SSSR count). The van der Waals surface area contributed by atoms with Gasteiger partial charge in [0.25, 0.3) is 0 Å². The highest BCUT2D eigenvalue weighted by Gasteiger charge is 2.50. The molecule has 0 aromatic carbocycles. The van der Waals surface area contributed by atoms with Crippen LogP contribution in [0.1, 0.15) is 19.3 Å². The minimum absolute atomic E-state index is 0.0300. The molecule has 0 aromatic rings. The molecule has 1 spiro atoms. The van der Waals surface area contributed by atoms with Crippen LogP contribution >= 0.6 is 0 Å². The first kappa shape index (κ1) is 11.7. The normalized spacial score (nSPS) is 37.8. The Morgan fingerprint density at radius 3 is 3.11 bits per heavy atom. The summed E-state index contributed by atoms with van der Waals surface area (Å²) >= 11 is 0. The molecule has 0 fully saturated rings. The molecule has 18 heavy (non-hydrogen) atoms. The number of ether oxygens (including phenoxy) is 1. The highest BCUT2D eigenvalue weighted by Crippen LogP contribution is 2.51. The molecule has 0 saturated heterocycles. The van der Waals surface area contributed by atoms with Crippen LogP contribution < -0.4 is 0 Å². The fourth-order valence-electron chi connectivity index (χ4n) is 3.53. The lowest BCUT2D eigenvalue weighted by molar-refractivity contribution is -0.123. The minimum Gasteiger partial charge on any atom is -0.376 e. The van der Waals surface area contributed by atoms with Crippen molar-refractivity contribution in [3.63, 3.8) is 0 Å². The van der Waals surface area contributed by atoms with Crippen molar-refractivity contribution in [3.05, 3.63) is 48.1 Å². The summed E-state index contributed by atoms with van der Waals surface area (Å²) in [6.07, 6.45) is 17.4. The zero-order valence-corrected chi connectivity index (χ0v) is 10.6. The topological polar surface area (TPSA) is 26.3 Å². The molecule has 94 valence electrons. The zero-order chi connectivity index (χ0) is 12.6. The predicted octanol–water partition coefficient (Wildman–Crippen LogP) is 2.98. The van der Waals surface area contributed by atoms with Gasteiger partial charge in [-0.25, -0.2) is 0 Å². The molecule has 3 aliphatic carbocycles. The number of hydrogen-bond donors (Lipinski definition) is 0. The lowest BCUT2D eigenvalue weighted by Gasteiger charge is -2.45. The van der Waals surface area contributed by atoms with Crippen molar-refractivity contribution in [1.82, 2.24) is 0 Å². The summed E-state index contributed by atoms with van der Waals surface area (Å²) in [5.41, 5.74) is 0.936. The number of carbonyl (C=O) groups excluding carboxylic acids is 1. The van der Waals surface area contributed by atoms with Crippen molar-refractivity contribution in [2.75, 3.05) is 7.11 Å². The van der Waals surface area contributed by atoms with E-state index in [-0.39, 0.29) is 23.2 Å². The van der Waals surface area contributed by atoms with E-state index >= 15 is 0 Å². The SMILES string of the molecule is COC1C=CC=C2C=CC(=O)C3CCCC=CC213. The number of ketones is 1. The van der Waals surface area contributed by atoms with Crippen LogP contribution in [-0.2, 0) is 9.53 Å². The van der Waals surface area contributed by atoms with Gasteiger partial charge in [-0.1, -0.05) is 36.5 Å². The highest BCUT2D eigenvalue weighted by molar-refractivity contribution is 5.95. The van der Waals surface area contributed by atoms with Gasteiger partial charge in [-0.2, -0.15) is 0 Å². The van der Waals surface area contributed by atoms with E-state index in [4.69, 9.17) is 4.74 Å². The second-order valence-corrected chi connectivity index (χ2v) is 5.22. The molecule has 0 radical (unpaired) electrons. The van der Waals surface area contributed by atoms with E-state index in [9.17, 15) is 4.79 Å². The summed E-state index contributed by atoms with van der Waals surface area (Å²) in [5.74, 6) is 0.276. The Kier molecular flexibility index (Phi) is 2.83. The Hall–Kier alpha value is -1.41. The molecular formula is C16H18O2. The molecule has 2 heteroatoms. The van der Waals surface area contributed by atoms with Gasteiger partial charge in [0.2, 0.25) is 0 Å². The van der Waals surface area contributed by atoms with Crippen molar-refractivity contribution in [3.8, 4) is 0 Å². The molecule has 0 heterocycles. The molecule has 0 amide bonds. The quantitative estimate of drug-likeness (QED) is 0.661. The van der Waals surface area contributed by atoms with Crippen molar-refractivity contribution in [2.45, 2.75) is 25.4 Å². The van der Waals surface area contributed by atoms with Crippen molar-refractivity contribution in [2.24, 2.45) is 11.3 Å². The smallest absolute Gasteiger partial charge is 0.160 e. The van der Waals surface area contributed by atoms with E-state index in [0.717, 1.165) is 19.3 Å². The number of rotatable bonds is 1. The fraction of sp³-hybridized carbons (Fsp3) is 0.438. The van der Waals surface area contributed by atoms with Crippen LogP contribution in [0.2, 0.25) is 0 Å². The van der Waals surface area contributed by atoms with Gasteiger partial charge in [-0.3, -0.25) is 4.79 Å². The number of allylic oxidation sites excluding steroid dienone is 5. The van der Waals surface area contributed by atoms with Crippen molar-refractivity contribution in [1.29, 1.82) is 0 Å². The third-order valence-electron chi connectivity index (χ3n) is 4.39. The summed E-state index contributed by atoms with van der Waals surface area (Å²) in [5, 5.41) is 0. The van der Waals surface area contributed by atoms with Crippen LogP contribution in [0.15, 0.2) is 48.1 Å². The van der Waals surface area contributed by atoms with Gasteiger partial charge >= 0.3 is 0 Å².